The van der Waals surface area contributed by atoms with Crippen molar-refractivity contribution in [2.45, 2.75) is 0 Å². The largest absolute Gasteiger partial charge is 0.497 e. The van der Waals surface area contributed by atoms with Crippen LogP contribution in [0.1, 0.15) is 0 Å². The Kier molecular flexibility index (Phi) is 3.66. The minimum atomic E-state index is -0.450. The molecule has 0 fully saturated rings. The standard InChI is InChI=1S/C16H12BrNO3/c1-20-13-9-5-8-12(10-13)18-15(17)14(21-16(18)19)11-6-3-2-4-7-11/h2-10H,1H3. The molecule has 0 saturated heterocycles. The van der Waals surface area contributed by atoms with E-state index < -0.39 is 5.76 Å². The summed E-state index contributed by atoms with van der Waals surface area (Å²) in [6.07, 6.45) is 0. The Balaban J connectivity index is 2.17. The summed E-state index contributed by atoms with van der Waals surface area (Å²) in [6.45, 7) is 0. The van der Waals surface area contributed by atoms with E-state index >= 15 is 0 Å². The van der Waals surface area contributed by atoms with Crippen LogP contribution in [-0.2, 0) is 0 Å². The lowest BCUT2D eigenvalue weighted by molar-refractivity contribution is 0.414. The van der Waals surface area contributed by atoms with E-state index in [1.54, 1.807) is 13.2 Å². The highest BCUT2D eigenvalue weighted by molar-refractivity contribution is 9.10. The number of hydrogen-bond acceptors (Lipinski definition) is 3. The highest BCUT2D eigenvalue weighted by Crippen LogP contribution is 2.29. The van der Waals surface area contributed by atoms with Crippen molar-refractivity contribution in [3.8, 4) is 22.8 Å². The van der Waals surface area contributed by atoms with E-state index in [0.717, 1.165) is 5.56 Å². The number of rotatable bonds is 3. The molecule has 0 aliphatic heterocycles. The average molecular weight is 346 g/mol. The van der Waals surface area contributed by atoms with Gasteiger partial charge in [0.2, 0.25) is 0 Å². The molecule has 0 aliphatic carbocycles. The van der Waals surface area contributed by atoms with Crippen LogP contribution in [0.3, 0.4) is 0 Å². The van der Waals surface area contributed by atoms with E-state index in [1.807, 2.05) is 48.5 Å². The maximum Gasteiger partial charge on any atom is 0.425 e. The summed E-state index contributed by atoms with van der Waals surface area (Å²) in [6, 6.07) is 16.7. The van der Waals surface area contributed by atoms with Crippen molar-refractivity contribution in [1.29, 1.82) is 0 Å². The molecule has 21 heavy (non-hydrogen) atoms. The fourth-order valence-corrected chi connectivity index (χ4v) is 2.75. The van der Waals surface area contributed by atoms with Gasteiger partial charge in [0.25, 0.3) is 0 Å². The molecule has 0 aliphatic rings. The molecule has 3 aromatic rings. The monoisotopic (exact) mass is 345 g/mol. The Bertz CT molecular complexity index is 821. The van der Waals surface area contributed by atoms with Gasteiger partial charge in [0.1, 0.15) is 10.4 Å². The van der Waals surface area contributed by atoms with E-state index in [4.69, 9.17) is 9.15 Å². The van der Waals surface area contributed by atoms with Crippen LogP contribution < -0.4 is 10.5 Å². The smallest absolute Gasteiger partial charge is 0.425 e. The highest BCUT2D eigenvalue weighted by atomic mass is 79.9. The average Bonchev–Trinajstić information content (AvgIpc) is 2.83. The van der Waals surface area contributed by atoms with E-state index in [2.05, 4.69) is 15.9 Å². The van der Waals surface area contributed by atoms with Gasteiger partial charge in [-0.15, -0.1) is 0 Å². The van der Waals surface area contributed by atoms with Crippen LogP contribution in [0.5, 0.6) is 5.75 Å². The summed E-state index contributed by atoms with van der Waals surface area (Å²) < 4.78 is 12.6. The third-order valence-electron chi connectivity index (χ3n) is 3.10. The van der Waals surface area contributed by atoms with Crippen molar-refractivity contribution in [2.75, 3.05) is 7.11 Å². The zero-order valence-corrected chi connectivity index (χ0v) is 12.8. The lowest BCUT2D eigenvalue weighted by atomic mass is 10.2. The minimum absolute atomic E-state index is 0.450. The number of ether oxygens (including phenoxy) is 1. The molecule has 0 radical (unpaired) electrons. The molecule has 5 heteroatoms. The van der Waals surface area contributed by atoms with Crippen LogP contribution in [-0.4, -0.2) is 11.7 Å². The third-order valence-corrected chi connectivity index (χ3v) is 3.82. The third kappa shape index (κ3) is 2.52. The van der Waals surface area contributed by atoms with Gasteiger partial charge < -0.3 is 9.15 Å². The van der Waals surface area contributed by atoms with Crippen LogP contribution in [0.25, 0.3) is 17.0 Å². The summed E-state index contributed by atoms with van der Waals surface area (Å²) in [7, 11) is 1.59. The lowest BCUT2D eigenvalue weighted by Gasteiger charge is -2.05. The Hall–Kier alpha value is -2.27. The van der Waals surface area contributed by atoms with Crippen LogP contribution in [0.2, 0.25) is 0 Å². The first-order valence-corrected chi connectivity index (χ1v) is 7.11. The first-order chi connectivity index (χ1) is 10.2. The molecule has 1 aromatic heterocycles. The zero-order valence-electron chi connectivity index (χ0n) is 11.2. The summed E-state index contributed by atoms with van der Waals surface area (Å²) in [4.78, 5) is 12.2. The Morgan fingerprint density at radius 2 is 1.86 bits per heavy atom. The Morgan fingerprint density at radius 1 is 1.10 bits per heavy atom. The first-order valence-electron chi connectivity index (χ1n) is 6.32. The second kappa shape index (κ2) is 5.61. The molecular weight excluding hydrogens is 334 g/mol. The topological polar surface area (TPSA) is 44.4 Å². The van der Waals surface area contributed by atoms with E-state index in [9.17, 15) is 4.79 Å². The number of benzene rings is 2. The second-order valence-electron chi connectivity index (χ2n) is 4.39. The van der Waals surface area contributed by atoms with Gasteiger partial charge in [-0.25, -0.2) is 9.36 Å². The molecule has 1 heterocycles. The fourth-order valence-electron chi connectivity index (χ4n) is 2.09. The van der Waals surface area contributed by atoms with E-state index in [0.29, 0.717) is 21.8 Å². The van der Waals surface area contributed by atoms with Gasteiger partial charge in [-0.1, -0.05) is 36.4 Å². The van der Waals surface area contributed by atoms with Gasteiger partial charge in [0.15, 0.2) is 5.76 Å². The van der Waals surface area contributed by atoms with Crippen molar-refractivity contribution >= 4 is 15.9 Å². The molecule has 3 rings (SSSR count). The van der Waals surface area contributed by atoms with Crippen molar-refractivity contribution in [3.05, 3.63) is 69.8 Å². The minimum Gasteiger partial charge on any atom is -0.497 e. The number of oxazole rings is 1. The molecule has 2 aromatic carbocycles. The van der Waals surface area contributed by atoms with Gasteiger partial charge in [-0.05, 0) is 28.1 Å². The molecule has 0 atom stereocenters. The van der Waals surface area contributed by atoms with Gasteiger partial charge in [-0.2, -0.15) is 0 Å². The van der Waals surface area contributed by atoms with Crippen molar-refractivity contribution in [3.63, 3.8) is 0 Å². The van der Waals surface area contributed by atoms with Crippen LogP contribution in [0, 0.1) is 0 Å². The van der Waals surface area contributed by atoms with E-state index in [1.165, 1.54) is 4.57 Å². The molecule has 0 spiro atoms. The first kappa shape index (κ1) is 13.7. The van der Waals surface area contributed by atoms with Crippen molar-refractivity contribution in [1.82, 2.24) is 4.57 Å². The fraction of sp³-hybridized carbons (Fsp3) is 0.0625. The molecule has 0 bridgehead atoms. The van der Waals surface area contributed by atoms with Crippen LogP contribution >= 0.6 is 15.9 Å². The number of methoxy groups -OCH3 is 1. The quantitative estimate of drug-likeness (QED) is 0.723. The highest BCUT2D eigenvalue weighted by Gasteiger charge is 2.17. The van der Waals surface area contributed by atoms with Crippen molar-refractivity contribution in [2.24, 2.45) is 0 Å². The summed E-state index contributed by atoms with van der Waals surface area (Å²) in [5.74, 6) is 0.728. The molecule has 4 nitrogen and oxygen atoms in total. The molecule has 0 unspecified atom stereocenters. The molecule has 106 valence electrons. The molecular formula is C16H12BrNO3. The molecule has 0 N–H and O–H groups in total. The molecule has 0 saturated carbocycles. The van der Waals surface area contributed by atoms with Gasteiger partial charge >= 0.3 is 5.76 Å². The lowest BCUT2D eigenvalue weighted by Crippen LogP contribution is -2.12. The number of nitrogens with zero attached hydrogens (tertiary/aromatic N) is 1. The zero-order chi connectivity index (χ0) is 14.8. The SMILES string of the molecule is COc1cccc(-n2c(Br)c(-c3ccccc3)oc2=O)c1. The van der Waals surface area contributed by atoms with Crippen LogP contribution in [0.4, 0.5) is 0 Å². The van der Waals surface area contributed by atoms with Crippen molar-refractivity contribution < 1.29 is 9.15 Å². The maximum atomic E-state index is 12.2. The number of aromatic nitrogens is 1. The van der Waals surface area contributed by atoms with Gasteiger partial charge in [0, 0.05) is 11.6 Å². The predicted molar refractivity (Wildman–Crippen MR) is 84.0 cm³/mol. The summed E-state index contributed by atoms with van der Waals surface area (Å²) in [5, 5.41) is 0. The normalized spacial score (nSPS) is 10.6. The summed E-state index contributed by atoms with van der Waals surface area (Å²) in [5.41, 5.74) is 1.51. The predicted octanol–water partition coefficient (Wildman–Crippen LogP) is 3.87. The maximum absolute atomic E-state index is 12.2. The number of hydrogen-bond donors (Lipinski definition) is 0. The molecule has 0 amide bonds. The summed E-state index contributed by atoms with van der Waals surface area (Å²) >= 11 is 3.45. The van der Waals surface area contributed by atoms with Gasteiger partial charge in [0.05, 0.1) is 12.8 Å². The van der Waals surface area contributed by atoms with Crippen LogP contribution in [0.15, 0.2) is 68.4 Å². The van der Waals surface area contributed by atoms with E-state index in [-0.39, 0.29) is 0 Å². The number of halogens is 1. The Labute approximate surface area is 129 Å². The van der Waals surface area contributed by atoms with Gasteiger partial charge in [-0.3, -0.25) is 0 Å². The Morgan fingerprint density at radius 3 is 2.57 bits per heavy atom. The second-order valence-corrected chi connectivity index (χ2v) is 5.14.